The summed E-state index contributed by atoms with van der Waals surface area (Å²) < 4.78 is 0. The SMILES string of the molecule is CCC(CO)N(Cc1cccnc1)C(=O)c1ccc(C)[nH]c1=O. The summed E-state index contributed by atoms with van der Waals surface area (Å²) in [4.78, 5) is 33.1. The lowest BCUT2D eigenvalue weighted by Crippen LogP contribution is -2.43. The van der Waals surface area contributed by atoms with Crippen molar-refractivity contribution in [2.45, 2.75) is 32.9 Å². The van der Waals surface area contributed by atoms with Crippen LogP contribution in [0.1, 0.15) is 35.0 Å². The molecule has 2 N–H and O–H groups in total. The number of aromatic amines is 1. The van der Waals surface area contributed by atoms with Gasteiger partial charge in [-0.15, -0.1) is 0 Å². The number of hydrogen-bond acceptors (Lipinski definition) is 4. The van der Waals surface area contributed by atoms with Gasteiger partial charge in [0.2, 0.25) is 0 Å². The summed E-state index contributed by atoms with van der Waals surface area (Å²) in [5, 5.41) is 9.59. The van der Waals surface area contributed by atoms with E-state index in [4.69, 9.17) is 0 Å². The number of aliphatic hydroxyl groups is 1. The maximum Gasteiger partial charge on any atom is 0.260 e. The summed E-state index contributed by atoms with van der Waals surface area (Å²) in [6, 6.07) is 6.50. The molecule has 0 saturated heterocycles. The van der Waals surface area contributed by atoms with Crippen molar-refractivity contribution in [3.8, 4) is 0 Å². The summed E-state index contributed by atoms with van der Waals surface area (Å²) in [6.45, 7) is 3.78. The van der Waals surface area contributed by atoms with Gasteiger partial charge in [-0.25, -0.2) is 0 Å². The number of aliphatic hydroxyl groups excluding tert-OH is 1. The highest BCUT2D eigenvalue weighted by molar-refractivity contribution is 5.94. The maximum absolute atomic E-state index is 12.8. The van der Waals surface area contributed by atoms with Crippen LogP contribution in [-0.4, -0.2) is 38.5 Å². The number of amides is 1. The predicted molar refractivity (Wildman–Crippen MR) is 87.1 cm³/mol. The Morgan fingerprint density at radius 3 is 2.74 bits per heavy atom. The molecule has 2 rings (SSSR count). The molecule has 122 valence electrons. The van der Waals surface area contributed by atoms with E-state index in [1.807, 2.05) is 13.0 Å². The second kappa shape index (κ2) is 7.69. The summed E-state index contributed by atoms with van der Waals surface area (Å²) in [5.74, 6) is -0.393. The van der Waals surface area contributed by atoms with E-state index in [1.165, 1.54) is 11.0 Å². The van der Waals surface area contributed by atoms with E-state index >= 15 is 0 Å². The highest BCUT2D eigenvalue weighted by atomic mass is 16.3. The van der Waals surface area contributed by atoms with Gasteiger partial charge in [-0.1, -0.05) is 13.0 Å². The van der Waals surface area contributed by atoms with Crippen molar-refractivity contribution in [2.75, 3.05) is 6.61 Å². The van der Waals surface area contributed by atoms with Gasteiger partial charge in [-0.3, -0.25) is 14.6 Å². The summed E-state index contributed by atoms with van der Waals surface area (Å²) in [6.07, 6.45) is 3.92. The number of rotatable bonds is 6. The van der Waals surface area contributed by atoms with Gasteiger partial charge in [0.25, 0.3) is 11.5 Å². The third kappa shape index (κ3) is 4.04. The Morgan fingerprint density at radius 2 is 2.17 bits per heavy atom. The van der Waals surface area contributed by atoms with Crippen molar-refractivity contribution in [1.82, 2.24) is 14.9 Å². The van der Waals surface area contributed by atoms with E-state index in [2.05, 4.69) is 9.97 Å². The highest BCUT2D eigenvalue weighted by Gasteiger charge is 2.25. The van der Waals surface area contributed by atoms with E-state index in [9.17, 15) is 14.7 Å². The van der Waals surface area contributed by atoms with Crippen LogP contribution in [0.5, 0.6) is 0 Å². The van der Waals surface area contributed by atoms with Gasteiger partial charge in [0.05, 0.1) is 12.6 Å². The van der Waals surface area contributed by atoms with Crippen molar-refractivity contribution >= 4 is 5.91 Å². The Labute approximate surface area is 134 Å². The lowest BCUT2D eigenvalue weighted by Gasteiger charge is -2.30. The minimum absolute atomic E-state index is 0.0754. The first-order chi connectivity index (χ1) is 11.1. The monoisotopic (exact) mass is 315 g/mol. The molecule has 0 aliphatic rings. The Bertz CT molecular complexity index is 709. The first-order valence-electron chi connectivity index (χ1n) is 7.57. The summed E-state index contributed by atoms with van der Waals surface area (Å²) in [7, 11) is 0. The third-order valence-corrected chi connectivity index (χ3v) is 3.75. The number of aromatic nitrogens is 2. The van der Waals surface area contributed by atoms with Gasteiger partial charge >= 0.3 is 0 Å². The molecule has 6 nitrogen and oxygen atoms in total. The van der Waals surface area contributed by atoms with Crippen LogP contribution in [0.15, 0.2) is 41.5 Å². The molecule has 0 fully saturated rings. The van der Waals surface area contributed by atoms with Crippen molar-refractivity contribution < 1.29 is 9.90 Å². The molecule has 1 amide bonds. The molecule has 1 unspecified atom stereocenters. The Morgan fingerprint density at radius 1 is 1.39 bits per heavy atom. The minimum atomic E-state index is -0.418. The molecule has 1 atom stereocenters. The Kier molecular flexibility index (Phi) is 5.65. The van der Waals surface area contributed by atoms with E-state index in [0.717, 1.165) is 5.56 Å². The van der Waals surface area contributed by atoms with Gasteiger partial charge in [0.15, 0.2) is 0 Å². The zero-order valence-electron chi connectivity index (χ0n) is 13.3. The topological polar surface area (TPSA) is 86.3 Å². The number of aryl methyl sites for hydroxylation is 1. The number of carbonyl (C=O) groups is 1. The fraction of sp³-hybridized carbons (Fsp3) is 0.353. The number of carbonyl (C=O) groups excluding carboxylic acids is 1. The largest absolute Gasteiger partial charge is 0.394 e. The zero-order valence-corrected chi connectivity index (χ0v) is 13.3. The van der Waals surface area contributed by atoms with E-state index in [1.54, 1.807) is 31.5 Å². The van der Waals surface area contributed by atoms with Crippen molar-refractivity contribution in [3.63, 3.8) is 0 Å². The zero-order chi connectivity index (χ0) is 16.8. The van der Waals surface area contributed by atoms with Gasteiger partial charge in [-0.05, 0) is 37.1 Å². The van der Waals surface area contributed by atoms with Crippen LogP contribution >= 0.6 is 0 Å². The smallest absolute Gasteiger partial charge is 0.260 e. The Balaban J connectivity index is 2.36. The Hall–Kier alpha value is -2.47. The summed E-state index contributed by atoms with van der Waals surface area (Å²) >= 11 is 0. The molecular formula is C17H21N3O3. The van der Waals surface area contributed by atoms with Gasteiger partial charge < -0.3 is 15.0 Å². The predicted octanol–water partition coefficient (Wildman–Crippen LogP) is 1.49. The molecule has 0 radical (unpaired) electrons. The quantitative estimate of drug-likeness (QED) is 0.845. The molecule has 0 bridgehead atoms. The molecule has 0 aromatic carbocycles. The average molecular weight is 315 g/mol. The highest BCUT2D eigenvalue weighted by Crippen LogP contribution is 2.13. The molecule has 6 heteroatoms. The normalized spacial score (nSPS) is 12.0. The van der Waals surface area contributed by atoms with Crippen LogP contribution < -0.4 is 5.56 Å². The maximum atomic E-state index is 12.8. The van der Waals surface area contributed by atoms with Gasteiger partial charge in [0.1, 0.15) is 5.56 Å². The molecule has 2 heterocycles. The van der Waals surface area contributed by atoms with Crippen LogP contribution in [0, 0.1) is 6.92 Å². The van der Waals surface area contributed by atoms with Gasteiger partial charge in [-0.2, -0.15) is 0 Å². The first-order valence-corrected chi connectivity index (χ1v) is 7.57. The molecule has 0 aliphatic heterocycles. The number of H-pyrrole nitrogens is 1. The lowest BCUT2D eigenvalue weighted by molar-refractivity contribution is 0.0561. The fourth-order valence-electron chi connectivity index (χ4n) is 2.40. The molecule has 2 aromatic heterocycles. The van der Waals surface area contributed by atoms with Crippen molar-refractivity contribution in [2.24, 2.45) is 0 Å². The lowest BCUT2D eigenvalue weighted by atomic mass is 10.1. The van der Waals surface area contributed by atoms with E-state index in [-0.39, 0.29) is 18.2 Å². The second-order valence-corrected chi connectivity index (χ2v) is 5.42. The fourth-order valence-corrected chi connectivity index (χ4v) is 2.40. The second-order valence-electron chi connectivity index (χ2n) is 5.42. The van der Waals surface area contributed by atoms with Crippen LogP contribution in [0.3, 0.4) is 0 Å². The van der Waals surface area contributed by atoms with Crippen LogP contribution in [-0.2, 0) is 6.54 Å². The van der Waals surface area contributed by atoms with Crippen LogP contribution in [0.4, 0.5) is 0 Å². The molecule has 23 heavy (non-hydrogen) atoms. The molecular weight excluding hydrogens is 294 g/mol. The van der Waals surface area contributed by atoms with E-state index in [0.29, 0.717) is 18.7 Å². The molecule has 2 aromatic rings. The first kappa shape index (κ1) is 16.9. The minimum Gasteiger partial charge on any atom is -0.394 e. The van der Waals surface area contributed by atoms with Crippen LogP contribution in [0.25, 0.3) is 0 Å². The number of hydrogen-bond donors (Lipinski definition) is 2. The molecule has 0 saturated carbocycles. The standard InChI is InChI=1S/C17H21N3O3/c1-3-14(11-21)20(10-13-5-4-8-18-9-13)17(23)15-7-6-12(2)19-16(15)22/h4-9,14,21H,3,10-11H2,1-2H3,(H,19,22). The third-order valence-electron chi connectivity index (χ3n) is 3.75. The summed E-state index contributed by atoms with van der Waals surface area (Å²) in [5.41, 5.74) is 1.20. The average Bonchev–Trinajstić information content (AvgIpc) is 2.55. The van der Waals surface area contributed by atoms with Crippen LogP contribution in [0.2, 0.25) is 0 Å². The van der Waals surface area contributed by atoms with Crippen molar-refractivity contribution in [1.29, 1.82) is 0 Å². The molecule has 0 spiro atoms. The van der Waals surface area contributed by atoms with E-state index < -0.39 is 11.5 Å². The molecule has 0 aliphatic carbocycles. The van der Waals surface area contributed by atoms with Gasteiger partial charge in [0, 0.05) is 24.6 Å². The number of nitrogens with one attached hydrogen (secondary N) is 1. The number of pyridine rings is 2. The number of nitrogens with zero attached hydrogens (tertiary/aromatic N) is 2. The van der Waals surface area contributed by atoms with Crippen molar-refractivity contribution in [3.05, 3.63) is 63.8 Å².